The lowest BCUT2D eigenvalue weighted by Crippen LogP contribution is -2.52. The van der Waals surface area contributed by atoms with E-state index in [4.69, 9.17) is 4.74 Å². The number of amides is 2. The van der Waals surface area contributed by atoms with Gasteiger partial charge in [0.2, 0.25) is 0 Å². The van der Waals surface area contributed by atoms with E-state index in [0.717, 1.165) is 18.4 Å². The van der Waals surface area contributed by atoms with E-state index < -0.39 is 0 Å². The lowest BCUT2D eigenvalue weighted by atomic mass is 9.84. The number of carbonyl (C=O) groups excluding carboxylic acids is 2. The van der Waals surface area contributed by atoms with Gasteiger partial charge in [-0.15, -0.1) is 0 Å². The second kappa shape index (κ2) is 8.42. The van der Waals surface area contributed by atoms with Crippen molar-refractivity contribution in [3.8, 4) is 0 Å². The standard InChI is InChI=1S/C22H30N2O3/c25-21(19-10-8-18(9-11-19)17-5-2-1-3-6-17)23-12-14-24(15-13-23)22(26)20-7-4-16-27-20/h8-11,17,20H,1-7,12-16H2. The minimum Gasteiger partial charge on any atom is -0.368 e. The minimum atomic E-state index is -0.264. The van der Waals surface area contributed by atoms with Gasteiger partial charge in [-0.05, 0) is 49.3 Å². The monoisotopic (exact) mass is 370 g/mol. The SMILES string of the molecule is O=C(c1ccc(C2CCCCC2)cc1)N1CCN(C(=O)C2CCCO2)CC1. The summed E-state index contributed by atoms with van der Waals surface area (Å²) in [4.78, 5) is 29.0. The van der Waals surface area contributed by atoms with Gasteiger partial charge < -0.3 is 14.5 Å². The van der Waals surface area contributed by atoms with Gasteiger partial charge in [-0.2, -0.15) is 0 Å². The average molecular weight is 370 g/mol. The van der Waals surface area contributed by atoms with E-state index in [1.807, 2.05) is 21.9 Å². The van der Waals surface area contributed by atoms with Crippen LogP contribution in [-0.4, -0.2) is 60.5 Å². The van der Waals surface area contributed by atoms with Gasteiger partial charge in [0.15, 0.2) is 0 Å². The van der Waals surface area contributed by atoms with Gasteiger partial charge >= 0.3 is 0 Å². The van der Waals surface area contributed by atoms with Gasteiger partial charge in [-0.25, -0.2) is 0 Å². The Balaban J connectivity index is 1.31. The predicted octanol–water partition coefficient (Wildman–Crippen LogP) is 3.20. The Morgan fingerprint density at radius 3 is 2.11 bits per heavy atom. The molecule has 27 heavy (non-hydrogen) atoms. The Kier molecular flexibility index (Phi) is 5.77. The van der Waals surface area contributed by atoms with Crippen molar-refractivity contribution in [2.45, 2.75) is 57.0 Å². The molecule has 0 bridgehead atoms. The summed E-state index contributed by atoms with van der Waals surface area (Å²) in [7, 11) is 0. The van der Waals surface area contributed by atoms with Gasteiger partial charge in [0, 0.05) is 38.3 Å². The van der Waals surface area contributed by atoms with E-state index in [9.17, 15) is 9.59 Å². The summed E-state index contributed by atoms with van der Waals surface area (Å²) < 4.78 is 5.50. The molecular weight excluding hydrogens is 340 g/mol. The van der Waals surface area contributed by atoms with Crippen molar-refractivity contribution >= 4 is 11.8 Å². The molecule has 0 radical (unpaired) electrons. The van der Waals surface area contributed by atoms with Crippen LogP contribution in [0.2, 0.25) is 0 Å². The first-order valence-corrected chi connectivity index (χ1v) is 10.5. The van der Waals surface area contributed by atoms with E-state index >= 15 is 0 Å². The molecule has 0 aromatic heterocycles. The molecule has 1 aliphatic carbocycles. The summed E-state index contributed by atoms with van der Waals surface area (Å²) in [6.07, 6.45) is 8.06. The first kappa shape index (κ1) is 18.5. The maximum absolute atomic E-state index is 12.8. The van der Waals surface area contributed by atoms with Gasteiger partial charge in [0.1, 0.15) is 6.10 Å². The molecule has 1 unspecified atom stereocenters. The number of nitrogens with zero attached hydrogens (tertiary/aromatic N) is 2. The van der Waals surface area contributed by atoms with Crippen LogP contribution in [-0.2, 0) is 9.53 Å². The Labute approximate surface area is 161 Å². The average Bonchev–Trinajstić information content (AvgIpc) is 3.28. The summed E-state index contributed by atoms with van der Waals surface area (Å²) in [5.74, 6) is 0.834. The zero-order valence-electron chi connectivity index (χ0n) is 16.1. The molecule has 1 aromatic rings. The van der Waals surface area contributed by atoms with Crippen molar-refractivity contribution in [3.63, 3.8) is 0 Å². The lowest BCUT2D eigenvalue weighted by molar-refractivity contribution is -0.142. The second-order valence-electron chi connectivity index (χ2n) is 8.08. The number of carbonyl (C=O) groups is 2. The van der Waals surface area contributed by atoms with E-state index in [1.54, 1.807) is 0 Å². The predicted molar refractivity (Wildman–Crippen MR) is 104 cm³/mol. The van der Waals surface area contributed by atoms with Crippen LogP contribution < -0.4 is 0 Å². The van der Waals surface area contributed by atoms with Crippen molar-refractivity contribution in [3.05, 3.63) is 35.4 Å². The molecule has 4 rings (SSSR count). The molecule has 2 heterocycles. The number of ether oxygens (including phenoxy) is 1. The topological polar surface area (TPSA) is 49.9 Å². The minimum absolute atomic E-state index is 0.0782. The number of hydrogen-bond donors (Lipinski definition) is 0. The molecule has 1 saturated carbocycles. The van der Waals surface area contributed by atoms with Crippen molar-refractivity contribution in [2.75, 3.05) is 32.8 Å². The number of rotatable bonds is 3. The first-order valence-electron chi connectivity index (χ1n) is 10.5. The van der Waals surface area contributed by atoms with Crippen LogP contribution in [0, 0.1) is 0 Å². The van der Waals surface area contributed by atoms with Crippen LogP contribution in [0.25, 0.3) is 0 Å². The summed E-state index contributed by atoms with van der Waals surface area (Å²) in [6, 6.07) is 8.24. The van der Waals surface area contributed by atoms with E-state index in [-0.39, 0.29) is 17.9 Å². The lowest BCUT2D eigenvalue weighted by Gasteiger charge is -2.35. The molecular formula is C22H30N2O3. The fourth-order valence-corrected chi connectivity index (χ4v) is 4.62. The molecule has 1 atom stereocenters. The molecule has 2 aliphatic heterocycles. The van der Waals surface area contributed by atoms with Crippen LogP contribution in [0.3, 0.4) is 0 Å². The molecule has 146 valence electrons. The Hall–Kier alpha value is -1.88. The molecule has 1 aromatic carbocycles. The maximum atomic E-state index is 12.8. The Morgan fingerprint density at radius 1 is 0.815 bits per heavy atom. The smallest absolute Gasteiger partial charge is 0.253 e. The Morgan fingerprint density at radius 2 is 1.48 bits per heavy atom. The second-order valence-corrected chi connectivity index (χ2v) is 8.08. The van der Waals surface area contributed by atoms with Gasteiger partial charge in [-0.3, -0.25) is 9.59 Å². The number of benzene rings is 1. The van der Waals surface area contributed by atoms with Crippen LogP contribution in [0.5, 0.6) is 0 Å². The van der Waals surface area contributed by atoms with Crippen molar-refractivity contribution in [1.82, 2.24) is 9.80 Å². The van der Waals surface area contributed by atoms with Gasteiger partial charge in [0.05, 0.1) is 0 Å². The molecule has 3 fully saturated rings. The van der Waals surface area contributed by atoms with Crippen LogP contribution in [0.15, 0.2) is 24.3 Å². The van der Waals surface area contributed by atoms with E-state index in [2.05, 4.69) is 12.1 Å². The van der Waals surface area contributed by atoms with Crippen molar-refractivity contribution < 1.29 is 14.3 Å². The highest BCUT2D eigenvalue weighted by molar-refractivity contribution is 5.94. The molecule has 2 amide bonds. The van der Waals surface area contributed by atoms with Gasteiger partial charge in [0.25, 0.3) is 11.8 Å². The van der Waals surface area contributed by atoms with Gasteiger partial charge in [-0.1, -0.05) is 31.4 Å². The van der Waals surface area contributed by atoms with Crippen LogP contribution >= 0.6 is 0 Å². The quantitative estimate of drug-likeness (QED) is 0.821. The normalized spacial score (nSPS) is 24.2. The third-order valence-electron chi connectivity index (χ3n) is 6.32. The van der Waals surface area contributed by atoms with E-state index in [0.29, 0.717) is 38.7 Å². The largest absolute Gasteiger partial charge is 0.368 e. The number of hydrogen-bond acceptors (Lipinski definition) is 3. The zero-order valence-corrected chi connectivity index (χ0v) is 16.1. The fourth-order valence-electron chi connectivity index (χ4n) is 4.62. The third kappa shape index (κ3) is 4.18. The Bertz CT molecular complexity index is 653. The summed E-state index contributed by atoms with van der Waals surface area (Å²) >= 11 is 0. The number of piperazine rings is 1. The molecule has 0 spiro atoms. The molecule has 0 N–H and O–H groups in total. The van der Waals surface area contributed by atoms with Crippen molar-refractivity contribution in [1.29, 1.82) is 0 Å². The summed E-state index contributed by atoms with van der Waals surface area (Å²) in [5, 5.41) is 0. The van der Waals surface area contributed by atoms with Crippen LogP contribution in [0.1, 0.15) is 66.8 Å². The fraction of sp³-hybridized carbons (Fsp3) is 0.636. The maximum Gasteiger partial charge on any atom is 0.253 e. The molecule has 3 aliphatic rings. The van der Waals surface area contributed by atoms with E-state index in [1.165, 1.54) is 37.7 Å². The molecule has 5 nitrogen and oxygen atoms in total. The third-order valence-corrected chi connectivity index (χ3v) is 6.32. The highest BCUT2D eigenvalue weighted by atomic mass is 16.5. The summed E-state index contributed by atoms with van der Waals surface area (Å²) in [6.45, 7) is 3.09. The van der Waals surface area contributed by atoms with Crippen molar-refractivity contribution in [2.24, 2.45) is 0 Å². The highest BCUT2D eigenvalue weighted by Gasteiger charge is 2.31. The zero-order chi connectivity index (χ0) is 18.6. The first-order chi connectivity index (χ1) is 13.2. The molecule has 2 saturated heterocycles. The summed E-state index contributed by atoms with van der Waals surface area (Å²) in [5.41, 5.74) is 2.13. The van der Waals surface area contributed by atoms with Crippen LogP contribution in [0.4, 0.5) is 0 Å². The molecule has 5 heteroatoms. The highest BCUT2D eigenvalue weighted by Crippen LogP contribution is 2.32.